The molecule has 0 atom stereocenters. The second kappa shape index (κ2) is 6.41. The molecule has 104 valence electrons. The number of rotatable bonds is 5. The van der Waals surface area contributed by atoms with E-state index < -0.39 is 12.9 Å². The average molecular weight is 276 g/mol. The lowest BCUT2D eigenvalue weighted by atomic mass is 9.80. The molecule has 0 fully saturated rings. The molecule has 2 rings (SSSR count). The molecule has 0 amide bonds. The third kappa shape index (κ3) is 3.49. The van der Waals surface area contributed by atoms with Crippen molar-refractivity contribution in [1.82, 2.24) is 0 Å². The van der Waals surface area contributed by atoms with E-state index in [-0.39, 0.29) is 17.8 Å². The van der Waals surface area contributed by atoms with E-state index >= 15 is 0 Å². The molecule has 0 aromatic heterocycles. The molecule has 2 N–H and O–H groups in total. The summed E-state index contributed by atoms with van der Waals surface area (Å²) in [5.41, 5.74) is 1.02. The zero-order chi connectivity index (χ0) is 14.5. The van der Waals surface area contributed by atoms with Gasteiger partial charge in [-0.05, 0) is 35.3 Å². The van der Waals surface area contributed by atoms with Crippen LogP contribution >= 0.6 is 0 Å². The van der Waals surface area contributed by atoms with Crippen molar-refractivity contribution in [3.8, 4) is 11.5 Å². The number of hydrogen-bond acceptors (Lipinski definition) is 4. The summed E-state index contributed by atoms with van der Waals surface area (Å²) in [6, 6.07) is 10.9. The molecule has 4 nitrogen and oxygen atoms in total. The molecule has 0 radical (unpaired) electrons. The van der Waals surface area contributed by atoms with Crippen LogP contribution in [0.15, 0.2) is 42.5 Å². The lowest BCUT2D eigenvalue weighted by Gasteiger charge is -2.09. The molecule has 0 unspecified atom stereocenters. The fraction of sp³-hybridized carbons (Fsp3) is 0.143. The second-order valence-corrected chi connectivity index (χ2v) is 4.20. The van der Waals surface area contributed by atoms with Crippen LogP contribution in [-0.2, 0) is 6.61 Å². The predicted molar refractivity (Wildman–Crippen MR) is 73.6 cm³/mol. The number of ether oxygens (including phenoxy) is 2. The maximum Gasteiger partial charge on any atom is 0.488 e. The number of hydrogen-bond donors (Lipinski definition) is 2. The molecule has 0 saturated carbocycles. The Bertz CT molecular complexity index is 572. The van der Waals surface area contributed by atoms with Gasteiger partial charge in [-0.3, -0.25) is 0 Å². The molecular weight excluding hydrogens is 262 g/mol. The molecule has 0 heterocycles. The molecule has 0 saturated heterocycles. The van der Waals surface area contributed by atoms with Gasteiger partial charge in [0.25, 0.3) is 0 Å². The van der Waals surface area contributed by atoms with Crippen LogP contribution in [0.5, 0.6) is 11.5 Å². The van der Waals surface area contributed by atoms with Crippen molar-refractivity contribution < 1.29 is 23.9 Å². The Morgan fingerprint density at radius 1 is 1.10 bits per heavy atom. The molecule has 0 bridgehead atoms. The van der Waals surface area contributed by atoms with Crippen molar-refractivity contribution in [2.45, 2.75) is 6.61 Å². The normalized spacial score (nSPS) is 10.2. The van der Waals surface area contributed by atoms with E-state index in [1.807, 2.05) is 12.1 Å². The van der Waals surface area contributed by atoms with E-state index in [4.69, 9.17) is 19.5 Å². The van der Waals surface area contributed by atoms with Crippen LogP contribution in [0.25, 0.3) is 0 Å². The van der Waals surface area contributed by atoms with Gasteiger partial charge in [-0.1, -0.05) is 18.2 Å². The van der Waals surface area contributed by atoms with Crippen molar-refractivity contribution in [2.24, 2.45) is 0 Å². The Morgan fingerprint density at radius 2 is 1.80 bits per heavy atom. The highest BCUT2D eigenvalue weighted by molar-refractivity contribution is 6.58. The van der Waals surface area contributed by atoms with Crippen LogP contribution in [0.3, 0.4) is 0 Å². The minimum absolute atomic E-state index is 0.0218. The van der Waals surface area contributed by atoms with Gasteiger partial charge >= 0.3 is 7.12 Å². The Kier molecular flexibility index (Phi) is 4.60. The molecule has 2 aromatic carbocycles. The summed E-state index contributed by atoms with van der Waals surface area (Å²) in [4.78, 5) is 0. The van der Waals surface area contributed by atoms with Gasteiger partial charge in [-0.15, -0.1) is 0 Å². The molecular formula is C14H14BFO4. The summed E-state index contributed by atoms with van der Waals surface area (Å²) in [6.45, 7) is 0.173. The molecule has 6 heteroatoms. The first-order chi connectivity index (χ1) is 9.60. The second-order valence-electron chi connectivity index (χ2n) is 4.20. The largest absolute Gasteiger partial charge is 0.497 e. The Hall–Kier alpha value is -2.05. The van der Waals surface area contributed by atoms with Crippen molar-refractivity contribution >= 4 is 12.6 Å². The first-order valence-corrected chi connectivity index (χ1v) is 6.01. The standard InChI is InChI=1S/C14H14BFO4/c1-19-12-5-2-10(3-6-12)9-20-14-8-11(15(17)18)4-7-13(14)16/h2-8,17-18H,9H2,1H3. The van der Waals surface area contributed by atoms with E-state index in [1.54, 1.807) is 19.2 Å². The average Bonchev–Trinajstić information content (AvgIpc) is 2.46. The zero-order valence-corrected chi connectivity index (χ0v) is 10.9. The third-order valence-corrected chi connectivity index (χ3v) is 2.81. The van der Waals surface area contributed by atoms with Crippen molar-refractivity contribution in [2.75, 3.05) is 7.11 Å². The van der Waals surface area contributed by atoms with Gasteiger partial charge in [0, 0.05) is 0 Å². The minimum Gasteiger partial charge on any atom is -0.497 e. The molecule has 0 spiro atoms. The Balaban J connectivity index is 2.07. The monoisotopic (exact) mass is 276 g/mol. The van der Waals surface area contributed by atoms with Gasteiger partial charge in [0.1, 0.15) is 12.4 Å². The maximum atomic E-state index is 13.5. The van der Waals surface area contributed by atoms with Gasteiger partial charge < -0.3 is 19.5 Å². The van der Waals surface area contributed by atoms with Crippen molar-refractivity contribution in [3.05, 3.63) is 53.8 Å². The van der Waals surface area contributed by atoms with Crippen LogP contribution in [-0.4, -0.2) is 24.3 Å². The molecule has 2 aromatic rings. The van der Waals surface area contributed by atoms with Gasteiger partial charge in [0.15, 0.2) is 11.6 Å². The van der Waals surface area contributed by atoms with Crippen LogP contribution < -0.4 is 14.9 Å². The Labute approximate surface area is 116 Å². The fourth-order valence-electron chi connectivity index (χ4n) is 1.67. The summed E-state index contributed by atoms with van der Waals surface area (Å²) in [6.07, 6.45) is 0. The van der Waals surface area contributed by atoms with Crippen molar-refractivity contribution in [1.29, 1.82) is 0 Å². The Morgan fingerprint density at radius 3 is 2.40 bits per heavy atom. The summed E-state index contributed by atoms with van der Waals surface area (Å²) >= 11 is 0. The van der Waals surface area contributed by atoms with Crippen LogP contribution in [0.4, 0.5) is 4.39 Å². The first kappa shape index (κ1) is 14.4. The number of methoxy groups -OCH3 is 1. The molecule has 0 aliphatic rings. The third-order valence-electron chi connectivity index (χ3n) is 2.81. The van der Waals surface area contributed by atoms with Crippen LogP contribution in [0, 0.1) is 5.82 Å². The topological polar surface area (TPSA) is 58.9 Å². The van der Waals surface area contributed by atoms with E-state index in [1.165, 1.54) is 12.1 Å². The van der Waals surface area contributed by atoms with Crippen molar-refractivity contribution in [3.63, 3.8) is 0 Å². The van der Waals surface area contributed by atoms with Crippen LogP contribution in [0.1, 0.15) is 5.56 Å². The highest BCUT2D eigenvalue weighted by Crippen LogP contribution is 2.18. The fourth-order valence-corrected chi connectivity index (χ4v) is 1.67. The van der Waals surface area contributed by atoms with E-state index in [9.17, 15) is 4.39 Å². The minimum atomic E-state index is -1.65. The van der Waals surface area contributed by atoms with Gasteiger partial charge in [0.05, 0.1) is 7.11 Å². The maximum absolute atomic E-state index is 13.5. The summed E-state index contributed by atoms with van der Waals surface area (Å²) < 4.78 is 23.9. The quantitative estimate of drug-likeness (QED) is 0.803. The van der Waals surface area contributed by atoms with E-state index in [0.29, 0.717) is 0 Å². The first-order valence-electron chi connectivity index (χ1n) is 6.01. The van der Waals surface area contributed by atoms with Gasteiger partial charge in [-0.2, -0.15) is 0 Å². The highest BCUT2D eigenvalue weighted by atomic mass is 19.1. The lowest BCUT2D eigenvalue weighted by molar-refractivity contribution is 0.290. The lowest BCUT2D eigenvalue weighted by Crippen LogP contribution is -2.29. The number of benzene rings is 2. The predicted octanol–water partition coefficient (Wildman–Crippen LogP) is 1.09. The summed E-state index contributed by atoms with van der Waals surface area (Å²) in [7, 11) is -0.0778. The molecule has 20 heavy (non-hydrogen) atoms. The SMILES string of the molecule is COc1ccc(COc2cc(B(O)O)ccc2F)cc1. The highest BCUT2D eigenvalue weighted by Gasteiger charge is 2.14. The van der Waals surface area contributed by atoms with Gasteiger partial charge in [-0.25, -0.2) is 4.39 Å². The van der Waals surface area contributed by atoms with E-state index in [2.05, 4.69) is 0 Å². The summed E-state index contributed by atoms with van der Waals surface area (Å²) in [5, 5.41) is 18.1. The molecule has 0 aliphatic carbocycles. The zero-order valence-electron chi connectivity index (χ0n) is 10.9. The summed E-state index contributed by atoms with van der Waals surface area (Å²) in [5.74, 6) is 0.152. The van der Waals surface area contributed by atoms with Crippen LogP contribution in [0.2, 0.25) is 0 Å². The number of halogens is 1. The van der Waals surface area contributed by atoms with E-state index in [0.717, 1.165) is 17.4 Å². The van der Waals surface area contributed by atoms with Gasteiger partial charge in [0.2, 0.25) is 0 Å². The smallest absolute Gasteiger partial charge is 0.488 e. The molecule has 0 aliphatic heterocycles.